The Kier molecular flexibility index (Phi) is 5.94. The number of aromatic nitrogens is 1. The molecule has 0 aliphatic carbocycles. The molecular weight excluding hydrogens is 352 g/mol. The zero-order valence-electron chi connectivity index (χ0n) is 14.2. The van der Waals surface area contributed by atoms with Crippen LogP contribution in [-0.4, -0.2) is 23.3 Å². The highest BCUT2D eigenvalue weighted by Crippen LogP contribution is 2.31. The first kappa shape index (κ1) is 17.8. The molecule has 1 N–H and O–H groups in total. The normalized spacial score (nSPS) is 10.8. The van der Waals surface area contributed by atoms with Crippen LogP contribution in [0.4, 0.5) is 5.69 Å². The van der Waals surface area contributed by atoms with Crippen LogP contribution in [0.5, 0.6) is 5.75 Å². The van der Waals surface area contributed by atoms with Gasteiger partial charge in [-0.15, -0.1) is 11.3 Å². The Morgan fingerprint density at radius 3 is 2.80 bits per heavy atom. The van der Waals surface area contributed by atoms with Crippen molar-refractivity contribution >= 4 is 44.9 Å². The summed E-state index contributed by atoms with van der Waals surface area (Å²) < 4.78 is 7.84. The first-order chi connectivity index (χ1) is 12.1. The van der Waals surface area contributed by atoms with E-state index in [1.165, 1.54) is 5.56 Å². The molecule has 1 aromatic heterocycles. The lowest BCUT2D eigenvalue weighted by atomic mass is 10.2. The first-order valence-corrected chi connectivity index (χ1v) is 9.97. The molecule has 0 spiro atoms. The molecule has 0 aliphatic heterocycles. The Hall–Kier alpha value is -2.05. The van der Waals surface area contributed by atoms with E-state index in [-0.39, 0.29) is 5.91 Å². The van der Waals surface area contributed by atoms with Crippen molar-refractivity contribution in [1.29, 1.82) is 0 Å². The van der Waals surface area contributed by atoms with E-state index in [9.17, 15) is 4.79 Å². The van der Waals surface area contributed by atoms with Gasteiger partial charge in [0, 0.05) is 17.9 Å². The first-order valence-electron chi connectivity index (χ1n) is 8.17. The van der Waals surface area contributed by atoms with Crippen LogP contribution in [0, 0.1) is 6.92 Å². The van der Waals surface area contributed by atoms with Crippen molar-refractivity contribution < 1.29 is 9.53 Å². The third-order valence-corrected chi connectivity index (χ3v) is 5.70. The number of rotatable bonds is 7. The average molecular weight is 373 g/mol. The SMILES string of the molecule is CCC(=O)Nc1ccc2nc(SCCOc3ccc(C)cc3)sc2c1. The minimum Gasteiger partial charge on any atom is -0.493 e. The maximum atomic E-state index is 11.5. The van der Waals surface area contributed by atoms with E-state index >= 15 is 0 Å². The summed E-state index contributed by atoms with van der Waals surface area (Å²) >= 11 is 3.33. The third-order valence-electron chi connectivity index (χ3n) is 3.57. The highest BCUT2D eigenvalue weighted by atomic mass is 32.2. The number of aryl methyl sites for hydroxylation is 1. The number of carbonyl (C=O) groups is 1. The smallest absolute Gasteiger partial charge is 0.224 e. The molecule has 2 aromatic carbocycles. The molecule has 0 saturated carbocycles. The number of anilines is 1. The summed E-state index contributed by atoms with van der Waals surface area (Å²) in [6, 6.07) is 13.9. The van der Waals surface area contributed by atoms with E-state index in [0.717, 1.165) is 31.7 Å². The molecule has 0 bridgehead atoms. The summed E-state index contributed by atoms with van der Waals surface area (Å²) in [7, 11) is 0. The molecule has 1 amide bonds. The molecular formula is C19H20N2O2S2. The van der Waals surface area contributed by atoms with Gasteiger partial charge in [-0.3, -0.25) is 4.79 Å². The minimum absolute atomic E-state index is 0.0201. The monoisotopic (exact) mass is 372 g/mol. The van der Waals surface area contributed by atoms with Crippen LogP contribution >= 0.6 is 23.1 Å². The molecule has 25 heavy (non-hydrogen) atoms. The van der Waals surface area contributed by atoms with Crippen molar-refractivity contribution in [2.75, 3.05) is 17.7 Å². The van der Waals surface area contributed by atoms with Gasteiger partial charge in [-0.25, -0.2) is 4.98 Å². The molecule has 0 unspecified atom stereocenters. The standard InChI is InChI=1S/C19H20N2O2S2/c1-3-18(22)20-14-6-9-16-17(12-14)25-19(21-16)24-11-10-23-15-7-4-13(2)5-8-15/h4-9,12H,3,10-11H2,1-2H3,(H,20,22). The minimum atomic E-state index is 0.0201. The Bertz CT molecular complexity index is 859. The van der Waals surface area contributed by atoms with Gasteiger partial charge in [-0.1, -0.05) is 36.4 Å². The second-order valence-electron chi connectivity index (χ2n) is 5.57. The van der Waals surface area contributed by atoms with Crippen LogP contribution in [0.2, 0.25) is 0 Å². The van der Waals surface area contributed by atoms with Crippen LogP contribution in [0.3, 0.4) is 0 Å². The molecule has 0 atom stereocenters. The molecule has 0 aliphatic rings. The van der Waals surface area contributed by atoms with Gasteiger partial charge in [0.15, 0.2) is 4.34 Å². The predicted molar refractivity (Wildman–Crippen MR) is 106 cm³/mol. The Labute approximate surface area is 155 Å². The van der Waals surface area contributed by atoms with E-state index in [4.69, 9.17) is 4.74 Å². The van der Waals surface area contributed by atoms with Gasteiger partial charge in [0.1, 0.15) is 5.75 Å². The fourth-order valence-corrected chi connectivity index (χ4v) is 4.21. The summed E-state index contributed by atoms with van der Waals surface area (Å²) in [5, 5.41) is 2.88. The lowest BCUT2D eigenvalue weighted by Crippen LogP contribution is -2.08. The number of fused-ring (bicyclic) bond motifs is 1. The largest absolute Gasteiger partial charge is 0.493 e. The molecule has 0 radical (unpaired) electrons. The van der Waals surface area contributed by atoms with E-state index in [1.54, 1.807) is 23.1 Å². The zero-order chi connectivity index (χ0) is 17.6. The zero-order valence-corrected chi connectivity index (χ0v) is 15.9. The number of ether oxygens (including phenoxy) is 1. The van der Waals surface area contributed by atoms with Crippen LogP contribution in [0.15, 0.2) is 46.8 Å². The summed E-state index contributed by atoms with van der Waals surface area (Å²) in [5.41, 5.74) is 3.01. The molecule has 0 fully saturated rings. The highest BCUT2D eigenvalue weighted by molar-refractivity contribution is 8.01. The molecule has 3 aromatic rings. The van der Waals surface area contributed by atoms with Crippen molar-refractivity contribution in [3.63, 3.8) is 0 Å². The number of hydrogen-bond acceptors (Lipinski definition) is 5. The van der Waals surface area contributed by atoms with Gasteiger partial charge in [0.25, 0.3) is 0 Å². The van der Waals surface area contributed by atoms with Gasteiger partial charge in [-0.2, -0.15) is 0 Å². The van der Waals surface area contributed by atoms with E-state index in [1.807, 2.05) is 49.4 Å². The number of nitrogens with zero attached hydrogens (tertiary/aromatic N) is 1. The van der Waals surface area contributed by atoms with Crippen molar-refractivity contribution in [3.8, 4) is 5.75 Å². The van der Waals surface area contributed by atoms with Gasteiger partial charge < -0.3 is 10.1 Å². The molecule has 6 heteroatoms. The number of nitrogens with one attached hydrogen (secondary N) is 1. The summed E-state index contributed by atoms with van der Waals surface area (Å²) in [6.45, 7) is 4.54. The summed E-state index contributed by atoms with van der Waals surface area (Å²) in [6.07, 6.45) is 0.475. The number of carbonyl (C=O) groups excluding carboxylic acids is 1. The fourth-order valence-electron chi connectivity index (χ4n) is 2.22. The van der Waals surface area contributed by atoms with Crippen LogP contribution < -0.4 is 10.1 Å². The van der Waals surface area contributed by atoms with Gasteiger partial charge in [0.2, 0.25) is 5.91 Å². The number of hydrogen-bond donors (Lipinski definition) is 1. The summed E-state index contributed by atoms with van der Waals surface area (Å²) in [4.78, 5) is 16.1. The van der Waals surface area contributed by atoms with Crippen molar-refractivity contribution in [2.24, 2.45) is 0 Å². The second kappa shape index (κ2) is 8.36. The molecule has 0 saturated heterocycles. The number of thiazole rings is 1. The Balaban J connectivity index is 1.54. The number of amides is 1. The molecule has 3 rings (SSSR count). The van der Waals surface area contributed by atoms with Gasteiger partial charge >= 0.3 is 0 Å². The van der Waals surface area contributed by atoms with Crippen molar-refractivity contribution in [1.82, 2.24) is 4.98 Å². The highest BCUT2D eigenvalue weighted by Gasteiger charge is 2.07. The van der Waals surface area contributed by atoms with E-state index in [0.29, 0.717) is 13.0 Å². The van der Waals surface area contributed by atoms with E-state index in [2.05, 4.69) is 17.2 Å². The topological polar surface area (TPSA) is 51.2 Å². The Morgan fingerprint density at radius 1 is 1.24 bits per heavy atom. The van der Waals surface area contributed by atoms with Crippen LogP contribution in [0.25, 0.3) is 10.2 Å². The lowest BCUT2D eigenvalue weighted by Gasteiger charge is -2.05. The average Bonchev–Trinajstić information content (AvgIpc) is 3.02. The predicted octanol–water partition coefficient (Wildman–Crippen LogP) is 5.12. The van der Waals surface area contributed by atoms with Crippen LogP contribution in [0.1, 0.15) is 18.9 Å². The summed E-state index contributed by atoms with van der Waals surface area (Å²) in [5.74, 6) is 1.76. The van der Waals surface area contributed by atoms with Gasteiger partial charge in [0.05, 0.1) is 16.8 Å². The maximum absolute atomic E-state index is 11.5. The van der Waals surface area contributed by atoms with E-state index < -0.39 is 0 Å². The maximum Gasteiger partial charge on any atom is 0.224 e. The Morgan fingerprint density at radius 2 is 2.04 bits per heavy atom. The van der Waals surface area contributed by atoms with Crippen molar-refractivity contribution in [2.45, 2.75) is 24.6 Å². The number of thioether (sulfide) groups is 1. The molecule has 130 valence electrons. The quantitative estimate of drug-likeness (QED) is 0.462. The van der Waals surface area contributed by atoms with Gasteiger partial charge in [-0.05, 0) is 37.3 Å². The molecule has 4 nitrogen and oxygen atoms in total. The lowest BCUT2D eigenvalue weighted by molar-refractivity contribution is -0.115. The van der Waals surface area contributed by atoms with Crippen LogP contribution in [-0.2, 0) is 4.79 Å². The molecule has 1 heterocycles. The number of benzene rings is 2. The van der Waals surface area contributed by atoms with Crippen molar-refractivity contribution in [3.05, 3.63) is 48.0 Å². The third kappa shape index (κ3) is 4.96. The fraction of sp³-hybridized carbons (Fsp3) is 0.263. The second-order valence-corrected chi connectivity index (χ2v) is 7.95.